The van der Waals surface area contributed by atoms with E-state index in [1.54, 1.807) is 26.0 Å². The summed E-state index contributed by atoms with van der Waals surface area (Å²) in [6.45, 7) is 5.39. The number of anilines is 1. The minimum atomic E-state index is -3.83. The Kier molecular flexibility index (Phi) is 5.11. The maximum absolute atomic E-state index is 13.4. The van der Waals surface area contributed by atoms with Crippen LogP contribution < -0.4 is 4.31 Å². The number of benzene rings is 2. The molecule has 0 fully saturated rings. The number of aromatic nitrogens is 1. The van der Waals surface area contributed by atoms with E-state index in [4.69, 9.17) is 9.26 Å². The SMILES string of the molecule is Cc1noc(C)c1COC(=O)c1cccc(S(=O)(=O)N2c3ccccc3C[C@@H]2C)c1. The second-order valence-electron chi connectivity index (χ2n) is 7.39. The Hall–Kier alpha value is -3.13. The van der Waals surface area contributed by atoms with Gasteiger partial charge in [0, 0.05) is 6.04 Å². The Balaban J connectivity index is 1.59. The first kappa shape index (κ1) is 20.2. The van der Waals surface area contributed by atoms with Crippen LogP contribution >= 0.6 is 0 Å². The molecule has 4 rings (SSSR count). The Bertz CT molecular complexity index is 1200. The zero-order chi connectivity index (χ0) is 21.5. The molecule has 0 aliphatic carbocycles. The highest BCUT2D eigenvalue weighted by Gasteiger charge is 2.36. The van der Waals surface area contributed by atoms with E-state index in [1.165, 1.54) is 22.5 Å². The molecule has 1 atom stereocenters. The first-order valence-electron chi connectivity index (χ1n) is 9.60. The van der Waals surface area contributed by atoms with E-state index >= 15 is 0 Å². The monoisotopic (exact) mass is 426 g/mol. The summed E-state index contributed by atoms with van der Waals surface area (Å²) in [6.07, 6.45) is 0.647. The number of aryl methyl sites for hydroxylation is 2. The molecule has 3 aromatic rings. The van der Waals surface area contributed by atoms with Gasteiger partial charge in [-0.1, -0.05) is 29.4 Å². The molecule has 0 N–H and O–H groups in total. The second kappa shape index (κ2) is 7.60. The average molecular weight is 426 g/mol. The van der Waals surface area contributed by atoms with E-state index in [-0.39, 0.29) is 23.1 Å². The van der Waals surface area contributed by atoms with Crippen molar-refractivity contribution in [1.82, 2.24) is 5.16 Å². The zero-order valence-corrected chi connectivity index (χ0v) is 17.8. The molecule has 8 heteroatoms. The van der Waals surface area contributed by atoms with E-state index in [0.29, 0.717) is 29.1 Å². The lowest BCUT2D eigenvalue weighted by Crippen LogP contribution is -2.35. The predicted molar refractivity (Wildman–Crippen MR) is 111 cm³/mol. The highest BCUT2D eigenvalue weighted by molar-refractivity contribution is 7.92. The highest BCUT2D eigenvalue weighted by Crippen LogP contribution is 2.36. The summed E-state index contributed by atoms with van der Waals surface area (Å²) in [6, 6.07) is 13.2. The largest absolute Gasteiger partial charge is 0.457 e. The summed E-state index contributed by atoms with van der Waals surface area (Å²) in [5.41, 5.74) is 3.19. The van der Waals surface area contributed by atoms with Gasteiger partial charge in [-0.2, -0.15) is 0 Å². The van der Waals surface area contributed by atoms with Gasteiger partial charge in [0.05, 0.1) is 27.4 Å². The van der Waals surface area contributed by atoms with Crippen molar-refractivity contribution < 1.29 is 22.5 Å². The van der Waals surface area contributed by atoms with Crippen molar-refractivity contribution in [3.05, 3.63) is 76.7 Å². The lowest BCUT2D eigenvalue weighted by molar-refractivity contribution is 0.0470. The third-order valence-electron chi connectivity index (χ3n) is 5.30. The van der Waals surface area contributed by atoms with E-state index in [2.05, 4.69) is 5.16 Å². The summed E-state index contributed by atoms with van der Waals surface area (Å²) in [5.74, 6) is -0.0276. The number of hydrogen-bond acceptors (Lipinski definition) is 6. The Morgan fingerprint density at radius 3 is 2.70 bits per heavy atom. The highest BCUT2D eigenvalue weighted by atomic mass is 32.2. The van der Waals surface area contributed by atoms with Gasteiger partial charge < -0.3 is 9.26 Å². The van der Waals surface area contributed by atoms with Crippen LogP contribution in [0.4, 0.5) is 5.69 Å². The van der Waals surface area contributed by atoms with Crippen LogP contribution in [-0.4, -0.2) is 25.6 Å². The van der Waals surface area contributed by atoms with Crippen LogP contribution in [0, 0.1) is 13.8 Å². The minimum Gasteiger partial charge on any atom is -0.457 e. The molecule has 0 spiro atoms. The van der Waals surface area contributed by atoms with Crippen molar-refractivity contribution in [3.63, 3.8) is 0 Å². The standard InChI is InChI=1S/C22H22N2O5S/c1-14-11-17-7-4-5-10-21(17)24(14)30(26,27)19-9-6-8-18(12-19)22(25)28-13-20-15(2)23-29-16(20)3/h4-10,12,14H,11,13H2,1-3H3/t14-/m0/s1. The number of rotatable bonds is 5. The summed E-state index contributed by atoms with van der Waals surface area (Å²) in [4.78, 5) is 12.6. The number of carbonyl (C=O) groups excluding carboxylic acids is 1. The van der Waals surface area contributed by atoms with Gasteiger partial charge in [-0.25, -0.2) is 13.2 Å². The third-order valence-corrected chi connectivity index (χ3v) is 7.22. The first-order valence-corrected chi connectivity index (χ1v) is 11.0. The van der Waals surface area contributed by atoms with Crippen LogP contribution in [0.15, 0.2) is 57.9 Å². The van der Waals surface area contributed by atoms with Crippen molar-refractivity contribution >= 4 is 21.7 Å². The summed E-state index contributed by atoms with van der Waals surface area (Å²) in [5, 5.41) is 3.83. The molecule has 2 aromatic carbocycles. The molecule has 0 unspecified atom stereocenters. The third kappa shape index (κ3) is 3.47. The average Bonchev–Trinajstić information content (AvgIpc) is 3.24. The van der Waals surface area contributed by atoms with Crippen LogP contribution in [-0.2, 0) is 27.8 Å². The van der Waals surface area contributed by atoms with Gasteiger partial charge in [0.25, 0.3) is 10.0 Å². The molecule has 0 saturated heterocycles. The summed E-state index contributed by atoms with van der Waals surface area (Å²) < 4.78 is 38.6. The van der Waals surface area contributed by atoms with E-state index < -0.39 is 16.0 Å². The number of nitrogens with zero attached hydrogens (tertiary/aromatic N) is 2. The van der Waals surface area contributed by atoms with Crippen LogP contribution in [0.25, 0.3) is 0 Å². The van der Waals surface area contributed by atoms with Gasteiger partial charge in [-0.05, 0) is 57.0 Å². The number of fused-ring (bicyclic) bond motifs is 1. The van der Waals surface area contributed by atoms with Crippen molar-refractivity contribution in [2.45, 2.75) is 44.7 Å². The molecule has 0 bridgehead atoms. The quantitative estimate of drug-likeness (QED) is 0.577. The molecular formula is C22H22N2O5S. The van der Waals surface area contributed by atoms with Gasteiger partial charge in [0.1, 0.15) is 12.4 Å². The molecule has 1 aromatic heterocycles. The molecule has 0 saturated carbocycles. The fourth-order valence-corrected chi connectivity index (χ4v) is 5.47. The fraction of sp³-hybridized carbons (Fsp3) is 0.273. The van der Waals surface area contributed by atoms with E-state index in [9.17, 15) is 13.2 Å². The van der Waals surface area contributed by atoms with E-state index in [1.807, 2.05) is 25.1 Å². The molecule has 156 valence electrons. The van der Waals surface area contributed by atoms with Gasteiger partial charge in [-0.15, -0.1) is 0 Å². The molecule has 7 nitrogen and oxygen atoms in total. The molecule has 30 heavy (non-hydrogen) atoms. The fourth-order valence-electron chi connectivity index (χ4n) is 3.73. The molecule has 0 amide bonds. The van der Waals surface area contributed by atoms with E-state index in [0.717, 1.165) is 5.56 Å². The van der Waals surface area contributed by atoms with Gasteiger partial charge in [0.2, 0.25) is 0 Å². The lowest BCUT2D eigenvalue weighted by atomic mass is 10.1. The second-order valence-corrected chi connectivity index (χ2v) is 9.20. The van der Waals surface area contributed by atoms with Crippen LogP contribution in [0.3, 0.4) is 0 Å². The minimum absolute atomic E-state index is 0.00745. The van der Waals surface area contributed by atoms with Gasteiger partial charge >= 0.3 is 5.97 Å². The summed E-state index contributed by atoms with van der Waals surface area (Å²) in [7, 11) is -3.83. The van der Waals surface area contributed by atoms with Crippen molar-refractivity contribution in [2.24, 2.45) is 0 Å². The number of carbonyl (C=O) groups is 1. The lowest BCUT2D eigenvalue weighted by Gasteiger charge is -2.24. The first-order chi connectivity index (χ1) is 14.3. The van der Waals surface area contributed by atoms with Gasteiger partial charge in [-0.3, -0.25) is 4.31 Å². The maximum atomic E-state index is 13.4. The zero-order valence-electron chi connectivity index (χ0n) is 17.0. The summed E-state index contributed by atoms with van der Waals surface area (Å²) >= 11 is 0. The number of ether oxygens (including phenoxy) is 1. The number of sulfonamides is 1. The Labute approximate surface area is 175 Å². The molecule has 1 aliphatic rings. The van der Waals surface area contributed by atoms with Crippen LogP contribution in [0.1, 0.15) is 39.9 Å². The molecule has 0 radical (unpaired) electrons. The number of esters is 1. The Morgan fingerprint density at radius 1 is 1.20 bits per heavy atom. The molecule has 1 aliphatic heterocycles. The van der Waals surface area contributed by atoms with Crippen LogP contribution in [0.2, 0.25) is 0 Å². The number of para-hydroxylation sites is 1. The maximum Gasteiger partial charge on any atom is 0.338 e. The van der Waals surface area contributed by atoms with Crippen molar-refractivity contribution in [2.75, 3.05) is 4.31 Å². The van der Waals surface area contributed by atoms with Gasteiger partial charge in [0.15, 0.2) is 0 Å². The molecular weight excluding hydrogens is 404 g/mol. The molecule has 2 heterocycles. The van der Waals surface area contributed by atoms with Crippen LogP contribution in [0.5, 0.6) is 0 Å². The smallest absolute Gasteiger partial charge is 0.338 e. The topological polar surface area (TPSA) is 89.7 Å². The normalized spacial score (nSPS) is 15.8. The van der Waals surface area contributed by atoms with Crippen molar-refractivity contribution in [1.29, 1.82) is 0 Å². The van der Waals surface area contributed by atoms with Crippen molar-refractivity contribution in [3.8, 4) is 0 Å². The number of hydrogen-bond donors (Lipinski definition) is 0. The Morgan fingerprint density at radius 2 is 1.97 bits per heavy atom. The predicted octanol–water partition coefficient (Wildman–Crippen LogP) is 3.79.